The first kappa shape index (κ1) is 70.3. The summed E-state index contributed by atoms with van der Waals surface area (Å²) in [6.07, 6.45) is 71.4. The van der Waals surface area contributed by atoms with Gasteiger partial charge >= 0.3 is 368 Å². The Bertz CT molecular complexity index is 2350. The number of halogens is 2. The van der Waals surface area contributed by atoms with Crippen molar-refractivity contribution >= 4 is 83.9 Å². The molecule has 0 aliphatic heterocycles. The summed E-state index contributed by atoms with van der Waals surface area (Å²) in [5.41, 5.74) is 16.7. The van der Waals surface area contributed by atoms with Crippen molar-refractivity contribution in [2.75, 3.05) is 0 Å². The van der Waals surface area contributed by atoms with E-state index in [-0.39, 0.29) is 40.8 Å². The van der Waals surface area contributed by atoms with Gasteiger partial charge in [0.2, 0.25) is 0 Å². The van der Waals surface area contributed by atoms with Crippen LogP contribution >= 0.6 is 31.9 Å². The summed E-state index contributed by atoms with van der Waals surface area (Å²) in [7, 11) is 0. The van der Waals surface area contributed by atoms with Crippen molar-refractivity contribution in [3.8, 4) is 22.3 Å². The Balaban J connectivity index is 1.19. The van der Waals surface area contributed by atoms with Crippen LogP contribution in [0.2, 0.25) is 0 Å². The molecule has 0 atom stereocenters. The monoisotopic (exact) mass is 1410 g/mol. The number of rotatable bonds is 52. The Morgan fingerprint density at radius 3 is 0.690 bits per heavy atom. The van der Waals surface area contributed by atoms with Gasteiger partial charge in [0.15, 0.2) is 0 Å². The Labute approximate surface area is 545 Å². The average molecular weight is 1410 g/mol. The number of hydrogen-bond donors (Lipinski definition) is 0. The molecule has 8 heteroatoms. The third-order valence-corrected chi connectivity index (χ3v) is 24.0. The van der Waals surface area contributed by atoms with E-state index in [0.29, 0.717) is 0 Å². The second-order valence-electron chi connectivity index (χ2n) is 27.1. The summed E-state index contributed by atoms with van der Waals surface area (Å²) < 4.78 is 23.5. The molecule has 2 aliphatic carbocycles. The Morgan fingerprint density at radius 2 is 0.464 bits per heavy atom. The van der Waals surface area contributed by atoms with Crippen LogP contribution in [0, 0.1) is 0 Å². The second kappa shape index (κ2) is 40.6. The predicted octanol–water partition coefficient (Wildman–Crippen LogP) is 26.1. The van der Waals surface area contributed by atoms with Gasteiger partial charge in [0.25, 0.3) is 0 Å². The third kappa shape index (κ3) is 20.4. The summed E-state index contributed by atoms with van der Waals surface area (Å²) in [6.45, 7) is 9.32. The second-order valence-corrected chi connectivity index (χ2v) is 31.1. The zero-order valence-electron chi connectivity index (χ0n) is 54.4. The van der Waals surface area contributed by atoms with Crippen LogP contribution in [-0.4, -0.2) is 45.8 Å². The molecule has 0 saturated carbocycles. The maximum absolute atomic E-state index is 5.42. The van der Waals surface area contributed by atoms with Gasteiger partial charge in [0.05, 0.1) is 0 Å². The van der Waals surface area contributed by atoms with Gasteiger partial charge in [-0.3, -0.25) is 0 Å². The van der Waals surface area contributed by atoms with Crippen molar-refractivity contribution < 1.29 is 0 Å². The molecule has 0 bridgehead atoms. The molecule has 0 fully saturated rings. The fourth-order valence-electron chi connectivity index (χ4n) is 15.6. The molecular weight excluding hydrogens is 1290 g/mol. The molecule has 0 spiro atoms. The molecule has 2 heterocycles. The normalized spacial score (nSPS) is 13.9. The molecule has 2 aliphatic rings. The molecule has 0 N–H and O–H groups in total. The van der Waals surface area contributed by atoms with Crippen LogP contribution in [0.25, 0.3) is 44.3 Å². The Morgan fingerprint density at radius 1 is 0.262 bits per heavy atom. The van der Waals surface area contributed by atoms with Gasteiger partial charge in [0, 0.05) is 0 Å². The molecule has 84 heavy (non-hydrogen) atoms. The molecule has 0 unspecified atom stereocenters. The van der Waals surface area contributed by atoms with Gasteiger partial charge in [-0.15, -0.1) is 0 Å². The summed E-state index contributed by atoms with van der Waals surface area (Å²) in [6, 6.07) is 10.8. The van der Waals surface area contributed by atoms with Crippen molar-refractivity contribution in [3.63, 3.8) is 0 Å². The Hall–Kier alpha value is -1.14. The van der Waals surface area contributed by atoms with Crippen molar-refractivity contribution in [2.45, 2.75) is 372 Å². The fourth-order valence-corrected chi connectivity index (χ4v) is 19.5. The molecule has 4 nitrogen and oxygen atoms in total. The van der Waals surface area contributed by atoms with Gasteiger partial charge in [-0.25, -0.2) is 0 Å². The standard InChI is InChI=1S/C76H120Br2N4Se2/c1-5-9-13-17-21-25-29-33-37-41-45-49-53-75(54-50-46-42-38-34-30-26-22-18-14-10-6-2)63-57-62-64(58-61(63)69-65(75)59-67(77)71-73(69)81-83-79-71)76(66-60-68(78)72-74(70(62)66)82-84-80-72,55-51-47-43-39-35-31-27-23-19-15-11-7-3)56-52-48-44-40-36-32-28-24-20-16-12-8-4/h57-60H,5-56H2,1-4H3. The van der Waals surface area contributed by atoms with Gasteiger partial charge in [-0.1, -0.05) is 182 Å². The topological polar surface area (TPSA) is 51.6 Å². The van der Waals surface area contributed by atoms with Crippen molar-refractivity contribution in [3.05, 3.63) is 55.5 Å². The number of hydrogen-bond acceptors (Lipinski definition) is 4. The molecular formula is C76H120Br2N4Se2. The van der Waals surface area contributed by atoms with Crippen molar-refractivity contribution in [1.82, 2.24) is 15.9 Å². The fraction of sp³-hybridized carbons (Fsp3) is 0.763. The van der Waals surface area contributed by atoms with E-state index in [9.17, 15) is 0 Å². The van der Waals surface area contributed by atoms with E-state index >= 15 is 0 Å². The van der Waals surface area contributed by atoms with E-state index in [4.69, 9.17) is 15.9 Å². The zero-order chi connectivity index (χ0) is 58.9. The molecule has 0 saturated heterocycles. The molecule has 2 aromatic heterocycles. The van der Waals surface area contributed by atoms with Gasteiger partial charge in [0.1, 0.15) is 0 Å². The summed E-state index contributed by atoms with van der Waals surface area (Å²) in [4.78, 5) is 0. The van der Waals surface area contributed by atoms with Crippen LogP contribution in [0.4, 0.5) is 0 Å². The summed E-state index contributed by atoms with van der Waals surface area (Å²) >= 11 is 8.13. The van der Waals surface area contributed by atoms with Crippen LogP contribution in [0.15, 0.2) is 33.2 Å². The Kier molecular flexibility index (Phi) is 34.0. The summed E-state index contributed by atoms with van der Waals surface area (Å²) in [5.74, 6) is 0. The number of unbranched alkanes of at least 4 members (excludes halogenated alkanes) is 44. The van der Waals surface area contributed by atoms with Crippen molar-refractivity contribution in [1.29, 1.82) is 0 Å². The van der Waals surface area contributed by atoms with Gasteiger partial charge < -0.3 is 0 Å². The van der Waals surface area contributed by atoms with E-state index in [1.54, 1.807) is 22.3 Å². The average Bonchev–Trinajstić information content (AvgIpc) is 1.54. The quantitative estimate of drug-likeness (QED) is 0.0288. The van der Waals surface area contributed by atoms with Crippen LogP contribution in [0.3, 0.4) is 0 Å². The van der Waals surface area contributed by atoms with Crippen LogP contribution < -0.4 is 0 Å². The maximum atomic E-state index is 5.42. The van der Waals surface area contributed by atoms with E-state index in [1.807, 2.05) is 0 Å². The first-order valence-electron chi connectivity index (χ1n) is 36.6. The van der Waals surface area contributed by atoms with Crippen molar-refractivity contribution in [2.24, 2.45) is 0 Å². The zero-order valence-corrected chi connectivity index (χ0v) is 61.0. The molecule has 470 valence electrons. The minimum atomic E-state index is -0.115. The number of benzene rings is 3. The minimum absolute atomic E-state index is 0.0558. The van der Waals surface area contributed by atoms with E-state index in [0.717, 1.165) is 20.0 Å². The third-order valence-electron chi connectivity index (χ3n) is 20.6. The van der Waals surface area contributed by atoms with Crippen LogP contribution in [0.5, 0.6) is 0 Å². The number of aromatic nitrogens is 4. The van der Waals surface area contributed by atoms with Gasteiger partial charge in [-0.05, 0) is 0 Å². The van der Waals surface area contributed by atoms with Crippen LogP contribution in [-0.2, 0) is 10.8 Å². The van der Waals surface area contributed by atoms with E-state index in [1.165, 1.54) is 367 Å². The number of nitrogens with zero attached hydrogens (tertiary/aromatic N) is 4. The number of fused-ring (bicyclic) bond motifs is 10. The SMILES string of the molecule is CCCCCCCCCCCCCCC1(CCCCCCCCCCCCCC)c2cc3c(cc2-c2c1cc(Br)c1n[se]nc21)C(CCCCCCCCCCCCCC)(CCCCCCCCCCCCCC)c1cc(Br)c2n[se]nc2c1-3. The molecule has 0 amide bonds. The molecule has 5 aromatic rings. The van der Waals surface area contributed by atoms with E-state index < -0.39 is 0 Å². The first-order chi connectivity index (χ1) is 41.5. The molecule has 7 rings (SSSR count). The van der Waals surface area contributed by atoms with Crippen LogP contribution in [0.1, 0.15) is 384 Å². The molecule has 0 radical (unpaired) electrons. The van der Waals surface area contributed by atoms with E-state index in [2.05, 4.69) is 83.8 Å². The first-order valence-corrected chi connectivity index (χ1v) is 41.2. The molecule has 3 aromatic carbocycles. The summed E-state index contributed by atoms with van der Waals surface area (Å²) in [5, 5.41) is 0. The van der Waals surface area contributed by atoms with Gasteiger partial charge in [-0.2, -0.15) is 0 Å². The predicted molar refractivity (Wildman–Crippen MR) is 377 cm³/mol.